The van der Waals surface area contributed by atoms with Gasteiger partial charge in [0.1, 0.15) is 21.9 Å². The number of rotatable bonds is 5. The molecule has 9 nitrogen and oxygen atoms in total. The second-order valence-electron chi connectivity index (χ2n) is 7.41. The summed E-state index contributed by atoms with van der Waals surface area (Å²) in [6.45, 7) is 1.61. The average molecular weight is 479 g/mol. The number of aryl methyl sites for hydroxylation is 1. The predicted octanol–water partition coefficient (Wildman–Crippen LogP) is 5.09. The van der Waals surface area contributed by atoms with E-state index < -0.39 is 11.9 Å². The lowest BCUT2D eigenvalue weighted by Crippen LogP contribution is -2.35. The van der Waals surface area contributed by atoms with Crippen molar-refractivity contribution in [1.82, 2.24) is 9.97 Å². The third-order valence-electron chi connectivity index (χ3n) is 5.36. The van der Waals surface area contributed by atoms with Gasteiger partial charge in [-0.25, -0.2) is 24.1 Å². The molecule has 0 saturated carbocycles. The monoisotopic (exact) mass is 479 g/mol. The van der Waals surface area contributed by atoms with Crippen molar-refractivity contribution in [3.05, 3.63) is 59.0 Å². The summed E-state index contributed by atoms with van der Waals surface area (Å²) >= 11 is 1.13. The van der Waals surface area contributed by atoms with Crippen LogP contribution in [0.25, 0.3) is 10.2 Å². The van der Waals surface area contributed by atoms with Crippen LogP contribution in [0.15, 0.2) is 42.7 Å². The third-order valence-corrected chi connectivity index (χ3v) is 6.46. The van der Waals surface area contributed by atoms with Crippen LogP contribution in [-0.2, 0) is 0 Å². The van der Waals surface area contributed by atoms with E-state index in [9.17, 15) is 14.0 Å². The Morgan fingerprint density at radius 2 is 1.91 bits per heavy atom. The van der Waals surface area contributed by atoms with Gasteiger partial charge >= 0.3 is 6.03 Å². The van der Waals surface area contributed by atoms with Crippen molar-refractivity contribution in [3.8, 4) is 11.5 Å². The summed E-state index contributed by atoms with van der Waals surface area (Å²) in [6.07, 6.45) is 1.33. The summed E-state index contributed by atoms with van der Waals surface area (Å²) in [5.74, 6) is 0.503. The van der Waals surface area contributed by atoms with E-state index in [-0.39, 0.29) is 10.7 Å². The van der Waals surface area contributed by atoms with Gasteiger partial charge in [-0.1, -0.05) is 0 Å². The van der Waals surface area contributed by atoms with Crippen molar-refractivity contribution in [2.45, 2.75) is 6.92 Å². The Morgan fingerprint density at radius 1 is 1.12 bits per heavy atom. The minimum Gasteiger partial charge on any atom is -0.493 e. The minimum atomic E-state index is -0.517. The number of nitrogens with one attached hydrogen (secondary N) is 2. The van der Waals surface area contributed by atoms with Gasteiger partial charge < -0.3 is 20.1 Å². The maximum absolute atomic E-state index is 13.8. The molecular weight excluding hydrogens is 461 g/mol. The van der Waals surface area contributed by atoms with Crippen molar-refractivity contribution >= 4 is 56.4 Å². The highest BCUT2D eigenvalue weighted by Crippen LogP contribution is 2.45. The molecule has 11 heteroatoms. The van der Waals surface area contributed by atoms with Gasteiger partial charge in [-0.05, 0) is 42.8 Å². The molecular formula is C23H18FN5O4S. The van der Waals surface area contributed by atoms with Crippen molar-refractivity contribution < 1.29 is 23.5 Å². The van der Waals surface area contributed by atoms with Gasteiger partial charge in [0.15, 0.2) is 17.3 Å². The normalized spacial score (nSPS) is 12.5. The van der Waals surface area contributed by atoms with Crippen LogP contribution in [0, 0.1) is 12.7 Å². The largest absolute Gasteiger partial charge is 0.493 e. The molecule has 1 aliphatic rings. The number of amides is 3. The van der Waals surface area contributed by atoms with Gasteiger partial charge in [-0.2, -0.15) is 0 Å². The van der Waals surface area contributed by atoms with Crippen LogP contribution in [0.2, 0.25) is 0 Å². The zero-order chi connectivity index (χ0) is 24.0. The summed E-state index contributed by atoms with van der Waals surface area (Å²) in [4.78, 5) is 37.0. The topological polar surface area (TPSA) is 106 Å². The van der Waals surface area contributed by atoms with Gasteiger partial charge in [0.25, 0.3) is 5.91 Å². The van der Waals surface area contributed by atoms with Crippen LogP contribution in [-0.4, -0.2) is 36.1 Å². The molecule has 2 aromatic heterocycles. The van der Waals surface area contributed by atoms with Gasteiger partial charge in [0.2, 0.25) is 0 Å². The highest BCUT2D eigenvalue weighted by molar-refractivity contribution is 7.21. The fraction of sp³-hybridized carbons (Fsp3) is 0.130. The summed E-state index contributed by atoms with van der Waals surface area (Å²) in [7, 11) is 3.03. The van der Waals surface area contributed by atoms with E-state index in [1.807, 2.05) is 0 Å². The number of carbonyl (C=O) groups excluding carboxylic acids is 2. The van der Waals surface area contributed by atoms with Crippen molar-refractivity contribution in [2.75, 3.05) is 29.8 Å². The summed E-state index contributed by atoms with van der Waals surface area (Å²) in [5.41, 5.74) is 1.66. The summed E-state index contributed by atoms with van der Waals surface area (Å²) < 4.78 is 24.3. The second-order valence-corrected chi connectivity index (χ2v) is 8.41. The van der Waals surface area contributed by atoms with Crippen LogP contribution in [0.5, 0.6) is 11.5 Å². The van der Waals surface area contributed by atoms with Gasteiger partial charge in [-0.15, -0.1) is 11.3 Å². The number of methoxy groups -OCH3 is 2. The van der Waals surface area contributed by atoms with Crippen molar-refractivity contribution in [2.24, 2.45) is 0 Å². The first-order valence-electron chi connectivity index (χ1n) is 10.1. The Bertz CT molecular complexity index is 1470. The molecule has 0 unspecified atom stereocenters. The molecule has 4 aromatic rings. The highest BCUT2D eigenvalue weighted by Gasteiger charge is 2.34. The zero-order valence-electron chi connectivity index (χ0n) is 18.3. The molecule has 1 aliphatic heterocycles. The second kappa shape index (κ2) is 8.27. The van der Waals surface area contributed by atoms with Crippen LogP contribution in [0.4, 0.5) is 32.1 Å². The maximum Gasteiger partial charge on any atom is 0.332 e. The van der Waals surface area contributed by atoms with Crippen LogP contribution >= 0.6 is 11.3 Å². The third kappa shape index (κ3) is 3.46. The van der Waals surface area contributed by atoms with E-state index in [2.05, 4.69) is 20.6 Å². The highest BCUT2D eigenvalue weighted by atomic mass is 32.1. The molecule has 0 fully saturated rings. The standard InChI is InChI=1S/C23H18FN5O4S/c1-11-8-13(5-6-14(11)24)29-20-17-18(28-23(29)31)19(34-22(17)26-10-25-20)21(30)27-12-4-7-15(32-2)16(9-12)33-3/h4-10H,1-3H3,(H,27,30)(H,28,31). The number of benzene rings is 2. The van der Waals surface area contributed by atoms with Crippen molar-refractivity contribution in [1.29, 1.82) is 0 Å². The van der Waals surface area contributed by atoms with Gasteiger partial charge in [0.05, 0.1) is 31.0 Å². The number of nitrogens with zero attached hydrogens (tertiary/aromatic N) is 3. The van der Waals surface area contributed by atoms with E-state index >= 15 is 0 Å². The maximum atomic E-state index is 13.8. The van der Waals surface area contributed by atoms with Crippen LogP contribution in [0.1, 0.15) is 15.2 Å². The molecule has 0 radical (unpaired) electrons. The smallest absolute Gasteiger partial charge is 0.332 e. The Kier molecular flexibility index (Phi) is 5.25. The Balaban J connectivity index is 1.55. The molecule has 5 rings (SSSR count). The van der Waals surface area contributed by atoms with Crippen LogP contribution < -0.4 is 25.0 Å². The number of aromatic nitrogens is 2. The van der Waals surface area contributed by atoms with Crippen LogP contribution in [0.3, 0.4) is 0 Å². The zero-order valence-corrected chi connectivity index (χ0v) is 19.1. The van der Waals surface area contributed by atoms with E-state index in [0.717, 1.165) is 11.3 Å². The molecule has 3 heterocycles. The average Bonchev–Trinajstić information content (AvgIpc) is 3.20. The fourth-order valence-corrected chi connectivity index (χ4v) is 4.72. The lowest BCUT2D eigenvalue weighted by Gasteiger charge is -2.27. The fourth-order valence-electron chi connectivity index (χ4n) is 3.74. The molecule has 0 aliphatic carbocycles. The van der Waals surface area contributed by atoms with E-state index in [1.165, 1.54) is 37.6 Å². The lowest BCUT2D eigenvalue weighted by molar-refractivity contribution is 0.103. The number of hydrogen-bond donors (Lipinski definition) is 2. The molecule has 172 valence electrons. The Labute approximate surface area is 197 Å². The first kappa shape index (κ1) is 21.6. The molecule has 2 N–H and O–H groups in total. The number of thiophene rings is 1. The molecule has 2 aromatic carbocycles. The molecule has 34 heavy (non-hydrogen) atoms. The molecule has 3 amide bonds. The number of carbonyl (C=O) groups is 2. The lowest BCUT2D eigenvalue weighted by atomic mass is 10.1. The first-order chi connectivity index (χ1) is 16.4. The summed E-state index contributed by atoms with van der Waals surface area (Å²) in [6, 6.07) is 8.83. The van der Waals surface area contributed by atoms with E-state index in [0.29, 0.717) is 50.2 Å². The number of halogens is 1. The molecule has 0 bridgehead atoms. The Morgan fingerprint density at radius 3 is 2.65 bits per heavy atom. The first-order valence-corrected chi connectivity index (χ1v) is 10.9. The number of hydrogen-bond acceptors (Lipinski definition) is 7. The SMILES string of the molecule is COc1ccc(NC(=O)c2sc3ncnc4c3c2NC(=O)N4c2ccc(F)c(C)c2)cc1OC. The van der Waals surface area contributed by atoms with Gasteiger partial charge in [0, 0.05) is 11.8 Å². The number of urea groups is 1. The predicted molar refractivity (Wildman–Crippen MR) is 127 cm³/mol. The summed E-state index contributed by atoms with van der Waals surface area (Å²) in [5, 5.41) is 6.13. The molecule has 0 spiro atoms. The Hall–Kier alpha value is -4.25. The van der Waals surface area contributed by atoms with E-state index in [4.69, 9.17) is 9.47 Å². The molecule has 0 atom stereocenters. The quantitative estimate of drug-likeness (QED) is 0.413. The van der Waals surface area contributed by atoms with Crippen molar-refractivity contribution in [3.63, 3.8) is 0 Å². The number of ether oxygens (including phenoxy) is 2. The minimum absolute atomic E-state index is 0.273. The van der Waals surface area contributed by atoms with E-state index in [1.54, 1.807) is 31.2 Å². The number of anilines is 4. The van der Waals surface area contributed by atoms with Gasteiger partial charge in [-0.3, -0.25) is 4.79 Å². The molecule has 0 saturated heterocycles.